The van der Waals surface area contributed by atoms with Crippen LogP contribution in [-0.2, 0) is 16.1 Å². The third-order valence-corrected chi connectivity index (χ3v) is 3.15. The zero-order chi connectivity index (χ0) is 16.5. The average molecular weight is 309 g/mol. The molecule has 0 spiro atoms. The van der Waals surface area contributed by atoms with Gasteiger partial charge >= 0.3 is 5.97 Å². The van der Waals surface area contributed by atoms with Gasteiger partial charge in [0.05, 0.1) is 5.56 Å². The largest absolute Gasteiger partial charge is 0.458 e. The highest BCUT2D eigenvalue weighted by molar-refractivity contribution is 5.89. The summed E-state index contributed by atoms with van der Waals surface area (Å²) in [5.74, 6) is -0.451. The summed E-state index contributed by atoms with van der Waals surface area (Å²) in [6.07, 6.45) is 3.71. The first-order valence-electron chi connectivity index (χ1n) is 7.37. The number of nitrogens with one attached hydrogen (secondary N) is 1. The molecule has 0 saturated heterocycles. The highest BCUT2D eigenvalue weighted by Crippen LogP contribution is 2.07. The Kier molecular flexibility index (Phi) is 6.12. The second-order valence-corrected chi connectivity index (χ2v) is 5.02. The van der Waals surface area contributed by atoms with Crippen molar-refractivity contribution < 1.29 is 14.3 Å². The quantitative estimate of drug-likeness (QED) is 0.834. The van der Waals surface area contributed by atoms with Crippen LogP contribution in [0.15, 0.2) is 60.7 Å². The highest BCUT2D eigenvalue weighted by Gasteiger charge is 2.06. The van der Waals surface area contributed by atoms with Crippen LogP contribution in [-0.4, -0.2) is 18.5 Å². The lowest BCUT2D eigenvalue weighted by molar-refractivity contribution is -0.119. The molecule has 0 unspecified atom stereocenters. The Balaban J connectivity index is 1.81. The SMILES string of the molecule is CC(=O)NCc1ccc(C(=O)OCC=Cc2ccccc2)cc1. The second-order valence-electron chi connectivity index (χ2n) is 5.02. The molecule has 2 aromatic rings. The molecule has 0 aliphatic carbocycles. The topological polar surface area (TPSA) is 55.4 Å². The minimum atomic E-state index is -0.367. The maximum absolute atomic E-state index is 11.9. The summed E-state index contributed by atoms with van der Waals surface area (Å²) in [7, 11) is 0. The van der Waals surface area contributed by atoms with Crippen molar-refractivity contribution in [1.29, 1.82) is 0 Å². The number of carbonyl (C=O) groups is 2. The van der Waals surface area contributed by atoms with Gasteiger partial charge in [0.25, 0.3) is 0 Å². The first-order valence-corrected chi connectivity index (χ1v) is 7.37. The van der Waals surface area contributed by atoms with E-state index >= 15 is 0 Å². The van der Waals surface area contributed by atoms with Gasteiger partial charge in [-0.05, 0) is 29.3 Å². The minimum absolute atomic E-state index is 0.0845. The summed E-state index contributed by atoms with van der Waals surface area (Å²) in [5.41, 5.74) is 2.48. The molecule has 1 N–H and O–H groups in total. The van der Waals surface area contributed by atoms with Gasteiger partial charge in [0.1, 0.15) is 6.61 Å². The van der Waals surface area contributed by atoms with Gasteiger partial charge < -0.3 is 10.1 Å². The molecule has 2 aromatic carbocycles. The van der Waals surface area contributed by atoms with Gasteiger partial charge in [-0.25, -0.2) is 4.79 Å². The standard InChI is InChI=1S/C19H19NO3/c1-15(21)20-14-17-9-11-18(12-10-17)19(22)23-13-5-8-16-6-3-2-4-7-16/h2-12H,13-14H2,1H3,(H,20,21). The average Bonchev–Trinajstić information content (AvgIpc) is 2.58. The van der Waals surface area contributed by atoms with E-state index in [1.54, 1.807) is 30.3 Å². The predicted molar refractivity (Wildman–Crippen MR) is 89.7 cm³/mol. The van der Waals surface area contributed by atoms with E-state index in [9.17, 15) is 9.59 Å². The normalized spacial score (nSPS) is 10.5. The van der Waals surface area contributed by atoms with Gasteiger partial charge in [0.2, 0.25) is 5.91 Å². The van der Waals surface area contributed by atoms with Crippen LogP contribution in [0, 0.1) is 0 Å². The van der Waals surface area contributed by atoms with Crippen LogP contribution >= 0.6 is 0 Å². The molecule has 0 heterocycles. The number of carbonyl (C=O) groups excluding carboxylic acids is 2. The molecule has 0 atom stereocenters. The van der Waals surface area contributed by atoms with Crippen LogP contribution in [0.5, 0.6) is 0 Å². The van der Waals surface area contributed by atoms with Crippen LogP contribution in [0.2, 0.25) is 0 Å². The van der Waals surface area contributed by atoms with E-state index in [1.165, 1.54) is 6.92 Å². The molecule has 1 amide bonds. The van der Waals surface area contributed by atoms with Crippen molar-refractivity contribution in [2.75, 3.05) is 6.61 Å². The first kappa shape index (κ1) is 16.5. The number of ether oxygens (including phenoxy) is 1. The van der Waals surface area contributed by atoms with Gasteiger partial charge in [-0.15, -0.1) is 0 Å². The molecule has 23 heavy (non-hydrogen) atoms. The fourth-order valence-electron chi connectivity index (χ4n) is 1.94. The van der Waals surface area contributed by atoms with Gasteiger partial charge in [-0.2, -0.15) is 0 Å². The van der Waals surface area contributed by atoms with Crippen LogP contribution in [0.25, 0.3) is 6.08 Å². The smallest absolute Gasteiger partial charge is 0.338 e. The van der Waals surface area contributed by atoms with E-state index in [1.807, 2.05) is 36.4 Å². The number of esters is 1. The molecule has 0 aliphatic heterocycles. The Morgan fingerprint density at radius 1 is 1.04 bits per heavy atom. The summed E-state index contributed by atoms with van der Waals surface area (Å²) >= 11 is 0. The first-order chi connectivity index (χ1) is 11.1. The number of amides is 1. The molecule has 0 aliphatic rings. The van der Waals surface area contributed by atoms with Crippen molar-refractivity contribution in [3.63, 3.8) is 0 Å². The molecule has 2 rings (SSSR count). The Labute approximate surface area is 135 Å². The summed E-state index contributed by atoms with van der Waals surface area (Å²) in [4.78, 5) is 22.8. The molecule has 4 nitrogen and oxygen atoms in total. The third-order valence-electron chi connectivity index (χ3n) is 3.15. The third kappa shape index (κ3) is 5.79. The lowest BCUT2D eigenvalue weighted by Gasteiger charge is -2.05. The Hall–Kier alpha value is -2.88. The lowest BCUT2D eigenvalue weighted by atomic mass is 10.1. The number of hydrogen-bond donors (Lipinski definition) is 1. The van der Waals surface area contributed by atoms with Crippen molar-refractivity contribution in [3.8, 4) is 0 Å². The Bertz CT molecular complexity index is 676. The monoisotopic (exact) mass is 309 g/mol. The van der Waals surface area contributed by atoms with Gasteiger partial charge in [0, 0.05) is 13.5 Å². The zero-order valence-corrected chi connectivity index (χ0v) is 13.0. The van der Waals surface area contributed by atoms with Crippen molar-refractivity contribution in [2.45, 2.75) is 13.5 Å². The van der Waals surface area contributed by atoms with E-state index < -0.39 is 0 Å². The Morgan fingerprint density at radius 2 is 1.74 bits per heavy atom. The molecule has 4 heteroatoms. The maximum atomic E-state index is 11.9. The number of benzene rings is 2. The molecule has 0 saturated carbocycles. The van der Waals surface area contributed by atoms with Crippen LogP contribution in [0.3, 0.4) is 0 Å². The fraction of sp³-hybridized carbons (Fsp3) is 0.158. The fourth-order valence-corrected chi connectivity index (χ4v) is 1.94. The van der Waals surface area contributed by atoms with E-state index in [2.05, 4.69) is 5.32 Å². The van der Waals surface area contributed by atoms with E-state index in [0.717, 1.165) is 11.1 Å². The highest BCUT2D eigenvalue weighted by atomic mass is 16.5. The molecule has 0 aromatic heterocycles. The summed E-state index contributed by atoms with van der Waals surface area (Å²) < 4.78 is 5.19. The second kappa shape index (κ2) is 8.54. The summed E-state index contributed by atoms with van der Waals surface area (Å²) in [6.45, 7) is 2.14. The summed E-state index contributed by atoms with van der Waals surface area (Å²) in [6, 6.07) is 16.8. The maximum Gasteiger partial charge on any atom is 0.338 e. The van der Waals surface area contributed by atoms with Crippen molar-refractivity contribution in [3.05, 3.63) is 77.4 Å². The van der Waals surface area contributed by atoms with Crippen LogP contribution < -0.4 is 5.32 Å². The molecule has 0 fully saturated rings. The zero-order valence-electron chi connectivity index (χ0n) is 13.0. The molecule has 0 radical (unpaired) electrons. The lowest BCUT2D eigenvalue weighted by Crippen LogP contribution is -2.18. The van der Waals surface area contributed by atoms with Gasteiger partial charge in [-0.3, -0.25) is 4.79 Å². The predicted octanol–water partition coefficient (Wildman–Crippen LogP) is 3.19. The van der Waals surface area contributed by atoms with Crippen molar-refractivity contribution in [2.24, 2.45) is 0 Å². The Morgan fingerprint density at radius 3 is 2.39 bits per heavy atom. The van der Waals surface area contributed by atoms with Crippen LogP contribution in [0.1, 0.15) is 28.4 Å². The number of rotatable bonds is 6. The number of hydrogen-bond acceptors (Lipinski definition) is 3. The van der Waals surface area contributed by atoms with Crippen molar-refractivity contribution >= 4 is 18.0 Å². The van der Waals surface area contributed by atoms with E-state index in [-0.39, 0.29) is 18.5 Å². The van der Waals surface area contributed by atoms with Gasteiger partial charge in [-0.1, -0.05) is 48.5 Å². The van der Waals surface area contributed by atoms with E-state index in [0.29, 0.717) is 12.1 Å². The van der Waals surface area contributed by atoms with E-state index in [4.69, 9.17) is 4.74 Å². The van der Waals surface area contributed by atoms with Crippen LogP contribution in [0.4, 0.5) is 0 Å². The minimum Gasteiger partial charge on any atom is -0.458 e. The summed E-state index contributed by atoms with van der Waals surface area (Å²) in [5, 5.41) is 2.70. The molecule has 0 bridgehead atoms. The molecular weight excluding hydrogens is 290 g/mol. The molecular formula is C19H19NO3. The van der Waals surface area contributed by atoms with Gasteiger partial charge in [0.15, 0.2) is 0 Å². The van der Waals surface area contributed by atoms with Crippen molar-refractivity contribution in [1.82, 2.24) is 5.32 Å². The molecule has 118 valence electrons.